The van der Waals surface area contributed by atoms with Crippen molar-refractivity contribution in [2.24, 2.45) is 5.92 Å². The molecule has 3 rings (SSSR count). The Hall–Kier alpha value is -1.50. The molecule has 2 fully saturated rings. The van der Waals surface area contributed by atoms with E-state index in [4.69, 9.17) is 0 Å². The Morgan fingerprint density at radius 1 is 1.39 bits per heavy atom. The number of amides is 1. The van der Waals surface area contributed by atoms with Gasteiger partial charge in [-0.15, -0.1) is 10.2 Å². The maximum absolute atomic E-state index is 12.1. The minimum Gasteiger partial charge on any atom is -0.335 e. The number of nitrogens with zero attached hydrogens (tertiary/aromatic N) is 5. The van der Waals surface area contributed by atoms with Crippen LogP contribution in [0.15, 0.2) is 0 Å². The van der Waals surface area contributed by atoms with E-state index in [1.807, 2.05) is 4.90 Å². The number of hydrogen-bond acceptors (Lipinski definition) is 5. The topological polar surface area (TPSA) is 78.0 Å². The highest BCUT2D eigenvalue weighted by Gasteiger charge is 2.36. The van der Waals surface area contributed by atoms with Crippen molar-refractivity contribution in [3.63, 3.8) is 0 Å². The van der Waals surface area contributed by atoms with E-state index in [-0.39, 0.29) is 11.7 Å². The third-order valence-electron chi connectivity index (χ3n) is 4.17. The first kappa shape index (κ1) is 11.6. The summed E-state index contributed by atoms with van der Waals surface area (Å²) in [6.45, 7) is 2.79. The molecule has 0 radical (unpaired) electrons. The summed E-state index contributed by atoms with van der Waals surface area (Å²) in [5, 5.41) is 13.3. The molecule has 1 N–H and O–H groups in total. The highest BCUT2D eigenvalue weighted by molar-refractivity contribution is 5.90. The molecule has 7 heteroatoms. The fourth-order valence-electron chi connectivity index (χ4n) is 3.23. The number of rotatable bonds is 1. The third kappa shape index (κ3) is 1.98. The maximum atomic E-state index is 12.1. The number of aromatic nitrogens is 4. The highest BCUT2D eigenvalue weighted by atomic mass is 16.2. The van der Waals surface area contributed by atoms with E-state index in [9.17, 15) is 4.79 Å². The Morgan fingerprint density at radius 3 is 3.06 bits per heavy atom. The third-order valence-corrected chi connectivity index (χ3v) is 4.17. The molecule has 0 bridgehead atoms. The molecule has 18 heavy (non-hydrogen) atoms. The molecule has 2 aliphatic rings. The normalized spacial score (nSPS) is 29.1. The summed E-state index contributed by atoms with van der Waals surface area (Å²) in [6.07, 6.45) is 3.48. The number of likely N-dealkylation sites (tertiary alicyclic amines) is 2. The van der Waals surface area contributed by atoms with Gasteiger partial charge in [-0.05, 0) is 44.0 Å². The summed E-state index contributed by atoms with van der Waals surface area (Å²) in [7, 11) is 2.19. The van der Waals surface area contributed by atoms with Gasteiger partial charge in [0.05, 0.1) is 0 Å². The molecular weight excluding hydrogens is 232 g/mol. The molecular formula is C11H18N6O. The molecule has 0 spiro atoms. The van der Waals surface area contributed by atoms with Crippen molar-refractivity contribution in [1.29, 1.82) is 0 Å². The van der Waals surface area contributed by atoms with E-state index >= 15 is 0 Å². The minimum absolute atomic E-state index is 0.101. The van der Waals surface area contributed by atoms with Gasteiger partial charge in [0.1, 0.15) is 0 Å². The van der Waals surface area contributed by atoms with Crippen molar-refractivity contribution in [3.05, 3.63) is 5.82 Å². The average Bonchev–Trinajstić information content (AvgIpc) is 2.91. The van der Waals surface area contributed by atoms with Crippen LogP contribution in [0, 0.1) is 5.92 Å². The lowest BCUT2D eigenvalue weighted by Gasteiger charge is -2.45. The molecule has 1 aromatic heterocycles. The van der Waals surface area contributed by atoms with Crippen molar-refractivity contribution in [1.82, 2.24) is 30.4 Å². The molecule has 3 heterocycles. The average molecular weight is 250 g/mol. The van der Waals surface area contributed by atoms with E-state index in [1.165, 1.54) is 19.4 Å². The lowest BCUT2D eigenvalue weighted by Crippen LogP contribution is -2.54. The summed E-state index contributed by atoms with van der Waals surface area (Å²) in [5.41, 5.74) is 0. The minimum atomic E-state index is -0.101. The summed E-state index contributed by atoms with van der Waals surface area (Å²) >= 11 is 0. The van der Waals surface area contributed by atoms with Crippen LogP contribution in [-0.4, -0.2) is 69.1 Å². The van der Waals surface area contributed by atoms with Crippen molar-refractivity contribution in [3.8, 4) is 0 Å². The summed E-state index contributed by atoms with van der Waals surface area (Å²) in [6, 6.07) is 0.632. The quantitative estimate of drug-likeness (QED) is 0.744. The number of piperidine rings is 2. The summed E-state index contributed by atoms with van der Waals surface area (Å²) in [5.74, 6) is 0.668. The van der Waals surface area contributed by atoms with Crippen LogP contribution in [0.25, 0.3) is 0 Å². The van der Waals surface area contributed by atoms with Gasteiger partial charge in [0.15, 0.2) is 0 Å². The van der Waals surface area contributed by atoms with E-state index < -0.39 is 0 Å². The van der Waals surface area contributed by atoms with Gasteiger partial charge in [0.25, 0.3) is 11.7 Å². The standard InChI is InChI=1S/C11H18N6O/c1-16-5-2-3-8-7-17(6-4-9(8)16)11(18)10-12-14-15-13-10/h8-9H,2-7H2,1H3,(H,12,13,14,15). The van der Waals surface area contributed by atoms with E-state index in [0.29, 0.717) is 12.0 Å². The maximum Gasteiger partial charge on any atom is 0.295 e. The van der Waals surface area contributed by atoms with Crippen molar-refractivity contribution in [2.75, 3.05) is 26.7 Å². The van der Waals surface area contributed by atoms with E-state index in [1.54, 1.807) is 0 Å². The van der Waals surface area contributed by atoms with E-state index in [0.717, 1.165) is 19.5 Å². The van der Waals surface area contributed by atoms with Crippen LogP contribution in [0.5, 0.6) is 0 Å². The SMILES string of the molecule is CN1CCCC2CN(C(=O)c3nn[nH]n3)CCC21. The second-order valence-electron chi connectivity index (χ2n) is 5.23. The lowest BCUT2D eigenvalue weighted by molar-refractivity contribution is 0.0309. The molecule has 2 atom stereocenters. The van der Waals surface area contributed by atoms with Gasteiger partial charge in [0.2, 0.25) is 0 Å². The Labute approximate surface area is 106 Å². The van der Waals surface area contributed by atoms with Crippen LogP contribution in [0.1, 0.15) is 29.9 Å². The number of aromatic amines is 1. The Morgan fingerprint density at radius 2 is 2.28 bits per heavy atom. The lowest BCUT2D eigenvalue weighted by atomic mass is 9.84. The fourth-order valence-corrected chi connectivity index (χ4v) is 3.23. The summed E-state index contributed by atoms with van der Waals surface area (Å²) in [4.78, 5) is 16.4. The van der Waals surface area contributed by atoms with Crippen LogP contribution in [0.3, 0.4) is 0 Å². The molecule has 0 aliphatic carbocycles. The van der Waals surface area contributed by atoms with E-state index in [2.05, 4.69) is 32.6 Å². The molecule has 2 aliphatic heterocycles. The zero-order chi connectivity index (χ0) is 12.5. The van der Waals surface area contributed by atoms with Crippen LogP contribution < -0.4 is 0 Å². The Bertz CT molecular complexity index is 419. The van der Waals surface area contributed by atoms with Crippen LogP contribution in [0.2, 0.25) is 0 Å². The zero-order valence-corrected chi connectivity index (χ0v) is 10.5. The molecule has 98 valence electrons. The highest BCUT2D eigenvalue weighted by Crippen LogP contribution is 2.29. The van der Waals surface area contributed by atoms with Gasteiger partial charge < -0.3 is 9.80 Å². The Balaban J connectivity index is 1.69. The molecule has 2 saturated heterocycles. The van der Waals surface area contributed by atoms with Crippen LogP contribution >= 0.6 is 0 Å². The number of fused-ring (bicyclic) bond motifs is 1. The smallest absolute Gasteiger partial charge is 0.295 e. The molecule has 1 aromatic rings. The number of tetrazole rings is 1. The Kier molecular flexibility index (Phi) is 2.99. The van der Waals surface area contributed by atoms with Gasteiger partial charge in [-0.1, -0.05) is 0 Å². The molecule has 0 aromatic carbocycles. The first-order chi connectivity index (χ1) is 8.75. The second kappa shape index (κ2) is 4.64. The fraction of sp³-hybridized carbons (Fsp3) is 0.818. The van der Waals surface area contributed by atoms with Gasteiger partial charge in [-0.25, -0.2) is 0 Å². The van der Waals surface area contributed by atoms with Crippen LogP contribution in [0.4, 0.5) is 0 Å². The zero-order valence-electron chi connectivity index (χ0n) is 10.5. The molecule has 7 nitrogen and oxygen atoms in total. The van der Waals surface area contributed by atoms with Crippen molar-refractivity contribution < 1.29 is 4.79 Å². The van der Waals surface area contributed by atoms with Gasteiger partial charge in [-0.3, -0.25) is 4.79 Å². The molecule has 1 amide bonds. The van der Waals surface area contributed by atoms with Gasteiger partial charge in [0, 0.05) is 19.1 Å². The van der Waals surface area contributed by atoms with Gasteiger partial charge >= 0.3 is 0 Å². The molecule has 0 saturated carbocycles. The predicted octanol–water partition coefficient (Wildman–Crippen LogP) is -0.244. The predicted molar refractivity (Wildman–Crippen MR) is 63.8 cm³/mol. The number of carbonyl (C=O) groups is 1. The molecule has 2 unspecified atom stereocenters. The first-order valence-electron chi connectivity index (χ1n) is 6.48. The van der Waals surface area contributed by atoms with Crippen molar-refractivity contribution >= 4 is 5.91 Å². The monoisotopic (exact) mass is 250 g/mol. The van der Waals surface area contributed by atoms with Crippen molar-refractivity contribution in [2.45, 2.75) is 25.3 Å². The largest absolute Gasteiger partial charge is 0.335 e. The van der Waals surface area contributed by atoms with Gasteiger partial charge in [-0.2, -0.15) is 5.21 Å². The summed E-state index contributed by atoms with van der Waals surface area (Å²) < 4.78 is 0. The van der Waals surface area contributed by atoms with Crippen LogP contribution in [-0.2, 0) is 0 Å². The first-order valence-corrected chi connectivity index (χ1v) is 6.48. The number of nitrogens with one attached hydrogen (secondary N) is 1. The number of hydrogen-bond donors (Lipinski definition) is 1. The second-order valence-corrected chi connectivity index (χ2v) is 5.23. The number of H-pyrrole nitrogens is 1. The number of carbonyl (C=O) groups excluding carboxylic acids is 1.